The maximum absolute atomic E-state index is 12.9. The molecule has 0 aliphatic rings. The van der Waals surface area contributed by atoms with Crippen LogP contribution >= 0.6 is 0 Å². The Bertz CT molecular complexity index is 320. The van der Waals surface area contributed by atoms with Gasteiger partial charge in [-0.15, -0.1) is 0 Å². The summed E-state index contributed by atoms with van der Waals surface area (Å²) in [6.45, 7) is 0.418. The highest BCUT2D eigenvalue weighted by molar-refractivity contribution is 5.56. The van der Waals surface area contributed by atoms with Gasteiger partial charge in [-0.2, -0.15) is 0 Å². The van der Waals surface area contributed by atoms with Gasteiger partial charge in [-0.3, -0.25) is 0 Å². The van der Waals surface area contributed by atoms with Crippen LogP contribution in [0, 0.1) is 5.82 Å². The van der Waals surface area contributed by atoms with Gasteiger partial charge in [-0.25, -0.2) is 4.39 Å². The van der Waals surface area contributed by atoms with Crippen LogP contribution in [0.15, 0.2) is 18.2 Å². The Morgan fingerprint density at radius 1 is 1.60 bits per heavy atom. The Labute approximate surface area is 87.9 Å². The summed E-state index contributed by atoms with van der Waals surface area (Å²) in [6.07, 6.45) is -0.655. The van der Waals surface area contributed by atoms with E-state index in [0.29, 0.717) is 11.4 Å². The molecule has 1 aromatic rings. The predicted octanol–water partition coefficient (Wildman–Crippen LogP) is 0.566. The highest BCUT2D eigenvalue weighted by atomic mass is 19.1. The maximum atomic E-state index is 12.9. The monoisotopic (exact) mass is 214 g/mol. The SMILES string of the molecule is COc1ccc(F)cc1NCC(O)CN. The van der Waals surface area contributed by atoms with Gasteiger partial charge in [-0.05, 0) is 12.1 Å². The maximum Gasteiger partial charge on any atom is 0.142 e. The average Bonchev–Trinajstić information content (AvgIpc) is 2.26. The minimum Gasteiger partial charge on any atom is -0.495 e. The molecule has 0 fully saturated rings. The van der Waals surface area contributed by atoms with E-state index >= 15 is 0 Å². The summed E-state index contributed by atoms with van der Waals surface area (Å²) < 4.78 is 17.9. The van der Waals surface area contributed by atoms with Gasteiger partial charge >= 0.3 is 0 Å². The first kappa shape index (κ1) is 11.7. The number of nitrogens with one attached hydrogen (secondary N) is 1. The summed E-state index contributed by atoms with van der Waals surface area (Å²) in [6, 6.07) is 4.14. The van der Waals surface area contributed by atoms with Crippen LogP contribution in [-0.4, -0.2) is 31.4 Å². The van der Waals surface area contributed by atoms with E-state index < -0.39 is 6.10 Å². The molecule has 1 unspecified atom stereocenters. The van der Waals surface area contributed by atoms with Gasteiger partial charge < -0.3 is 20.9 Å². The normalized spacial score (nSPS) is 12.3. The summed E-state index contributed by atoms with van der Waals surface area (Å²) in [7, 11) is 1.50. The van der Waals surface area contributed by atoms with Gasteiger partial charge in [0.15, 0.2) is 0 Å². The van der Waals surface area contributed by atoms with Crippen LogP contribution in [0.5, 0.6) is 5.75 Å². The lowest BCUT2D eigenvalue weighted by atomic mass is 10.2. The van der Waals surface area contributed by atoms with Gasteiger partial charge in [0.2, 0.25) is 0 Å². The molecule has 1 atom stereocenters. The summed E-state index contributed by atoms with van der Waals surface area (Å²) in [4.78, 5) is 0. The van der Waals surface area contributed by atoms with Crippen LogP contribution in [0.25, 0.3) is 0 Å². The third-order valence-electron chi connectivity index (χ3n) is 1.96. The minimum atomic E-state index is -0.655. The van der Waals surface area contributed by atoms with Gasteiger partial charge in [0.1, 0.15) is 11.6 Å². The molecule has 4 N–H and O–H groups in total. The van der Waals surface area contributed by atoms with Crippen molar-refractivity contribution in [2.45, 2.75) is 6.10 Å². The van der Waals surface area contributed by atoms with Crippen LogP contribution in [0.4, 0.5) is 10.1 Å². The molecule has 0 amide bonds. The number of methoxy groups -OCH3 is 1. The summed E-state index contributed by atoms with van der Waals surface area (Å²) >= 11 is 0. The number of aliphatic hydroxyl groups is 1. The van der Waals surface area contributed by atoms with Crippen molar-refractivity contribution in [1.29, 1.82) is 0 Å². The predicted molar refractivity (Wildman–Crippen MR) is 56.5 cm³/mol. The van der Waals surface area contributed by atoms with E-state index in [1.54, 1.807) is 0 Å². The van der Waals surface area contributed by atoms with E-state index in [1.165, 1.54) is 25.3 Å². The van der Waals surface area contributed by atoms with E-state index in [2.05, 4.69) is 5.32 Å². The first-order chi connectivity index (χ1) is 7.17. The van der Waals surface area contributed by atoms with Crippen molar-refractivity contribution < 1.29 is 14.2 Å². The average molecular weight is 214 g/mol. The molecule has 15 heavy (non-hydrogen) atoms. The number of aliphatic hydroxyl groups excluding tert-OH is 1. The first-order valence-electron chi connectivity index (χ1n) is 4.63. The van der Waals surface area contributed by atoms with Crippen molar-refractivity contribution in [2.75, 3.05) is 25.5 Å². The van der Waals surface area contributed by atoms with E-state index in [0.717, 1.165) is 0 Å². The standard InChI is InChI=1S/C10H15FN2O2/c1-15-10-3-2-7(11)4-9(10)13-6-8(14)5-12/h2-4,8,13-14H,5-6,12H2,1H3. The fraction of sp³-hybridized carbons (Fsp3) is 0.400. The minimum absolute atomic E-state index is 0.157. The van der Waals surface area contributed by atoms with Gasteiger partial charge in [0.05, 0.1) is 18.9 Å². The fourth-order valence-corrected chi connectivity index (χ4v) is 1.13. The molecule has 0 saturated heterocycles. The van der Waals surface area contributed by atoms with E-state index in [9.17, 15) is 9.50 Å². The molecule has 0 spiro atoms. The zero-order chi connectivity index (χ0) is 11.3. The second-order valence-electron chi connectivity index (χ2n) is 3.12. The molecule has 5 heteroatoms. The lowest BCUT2D eigenvalue weighted by molar-refractivity contribution is 0.196. The van der Waals surface area contributed by atoms with Gasteiger partial charge in [0.25, 0.3) is 0 Å². The Morgan fingerprint density at radius 2 is 2.33 bits per heavy atom. The topological polar surface area (TPSA) is 67.5 Å². The molecule has 0 bridgehead atoms. The molecule has 4 nitrogen and oxygen atoms in total. The quantitative estimate of drug-likeness (QED) is 0.670. The smallest absolute Gasteiger partial charge is 0.142 e. The van der Waals surface area contributed by atoms with Crippen LogP contribution in [0.2, 0.25) is 0 Å². The lowest BCUT2D eigenvalue weighted by Gasteiger charge is -2.13. The molecule has 0 aliphatic carbocycles. The highest BCUT2D eigenvalue weighted by Gasteiger charge is 2.06. The Morgan fingerprint density at radius 3 is 2.93 bits per heavy atom. The molecule has 0 radical (unpaired) electrons. The number of rotatable bonds is 5. The van der Waals surface area contributed by atoms with E-state index in [1.807, 2.05) is 0 Å². The molecule has 0 saturated carbocycles. The number of anilines is 1. The van der Waals surface area contributed by atoms with Crippen molar-refractivity contribution in [3.05, 3.63) is 24.0 Å². The molecule has 0 aromatic heterocycles. The Balaban J connectivity index is 2.69. The number of hydrogen-bond acceptors (Lipinski definition) is 4. The third-order valence-corrected chi connectivity index (χ3v) is 1.96. The van der Waals surface area contributed by atoms with Gasteiger partial charge in [-0.1, -0.05) is 0 Å². The zero-order valence-corrected chi connectivity index (χ0v) is 8.53. The first-order valence-corrected chi connectivity index (χ1v) is 4.63. The van der Waals surface area contributed by atoms with Crippen LogP contribution in [0.1, 0.15) is 0 Å². The fourth-order valence-electron chi connectivity index (χ4n) is 1.13. The van der Waals surface area contributed by atoms with Crippen molar-refractivity contribution in [2.24, 2.45) is 5.73 Å². The van der Waals surface area contributed by atoms with Crippen LogP contribution in [-0.2, 0) is 0 Å². The second-order valence-corrected chi connectivity index (χ2v) is 3.12. The molecule has 84 valence electrons. The Hall–Kier alpha value is -1.33. The van der Waals surface area contributed by atoms with Crippen LogP contribution < -0.4 is 15.8 Å². The highest BCUT2D eigenvalue weighted by Crippen LogP contribution is 2.24. The molecule has 1 rings (SSSR count). The number of hydrogen-bond donors (Lipinski definition) is 3. The second kappa shape index (κ2) is 5.53. The molecule has 0 aliphatic heterocycles. The lowest BCUT2D eigenvalue weighted by Crippen LogP contribution is -2.27. The largest absolute Gasteiger partial charge is 0.495 e. The number of nitrogens with two attached hydrogens (primary N) is 1. The van der Waals surface area contributed by atoms with E-state index in [-0.39, 0.29) is 18.9 Å². The summed E-state index contributed by atoms with van der Waals surface area (Å²) in [5.41, 5.74) is 5.75. The zero-order valence-electron chi connectivity index (χ0n) is 8.53. The number of benzene rings is 1. The van der Waals surface area contributed by atoms with Crippen molar-refractivity contribution in [3.63, 3.8) is 0 Å². The van der Waals surface area contributed by atoms with E-state index in [4.69, 9.17) is 10.5 Å². The van der Waals surface area contributed by atoms with Crippen molar-refractivity contribution in [1.82, 2.24) is 0 Å². The third kappa shape index (κ3) is 3.38. The summed E-state index contributed by atoms with van der Waals surface area (Å²) in [5, 5.41) is 12.1. The molecule has 0 heterocycles. The molecular formula is C10H15FN2O2. The van der Waals surface area contributed by atoms with Crippen LogP contribution in [0.3, 0.4) is 0 Å². The van der Waals surface area contributed by atoms with Crippen molar-refractivity contribution in [3.8, 4) is 5.75 Å². The molecular weight excluding hydrogens is 199 g/mol. The van der Waals surface area contributed by atoms with Gasteiger partial charge in [0, 0.05) is 19.2 Å². The van der Waals surface area contributed by atoms with Crippen molar-refractivity contribution >= 4 is 5.69 Å². The summed E-state index contributed by atoms with van der Waals surface area (Å²) in [5.74, 6) is 0.168. The number of halogens is 1. The Kier molecular flexibility index (Phi) is 4.33. The number of ether oxygens (including phenoxy) is 1. The molecule has 1 aromatic carbocycles.